The smallest absolute Gasteiger partial charge is 0.327 e. The summed E-state index contributed by atoms with van der Waals surface area (Å²) in [6.07, 6.45) is 8.77. The van der Waals surface area contributed by atoms with Crippen LogP contribution in [0.1, 0.15) is 64.7 Å². The molecule has 1 aliphatic heterocycles. The Morgan fingerprint density at radius 3 is 2.54 bits per heavy atom. The molecular formula is C18H29N3O3. The first-order chi connectivity index (χ1) is 11.4. The average Bonchev–Trinajstić information content (AvgIpc) is 2.72. The first-order valence-electron chi connectivity index (χ1n) is 9.33. The fourth-order valence-electron chi connectivity index (χ4n) is 4.65. The second kappa shape index (κ2) is 6.73. The molecule has 1 spiro atoms. The molecule has 0 bridgehead atoms. The van der Waals surface area contributed by atoms with E-state index in [0.717, 1.165) is 43.4 Å². The zero-order chi connectivity index (χ0) is 17.3. The van der Waals surface area contributed by atoms with Gasteiger partial charge in [0.25, 0.3) is 5.91 Å². The van der Waals surface area contributed by atoms with Crippen LogP contribution in [0.3, 0.4) is 0 Å². The molecule has 0 radical (unpaired) electrons. The Kier molecular flexibility index (Phi) is 4.83. The van der Waals surface area contributed by atoms with Crippen LogP contribution >= 0.6 is 0 Å². The molecule has 1 heterocycles. The predicted octanol–water partition coefficient (Wildman–Crippen LogP) is 2.28. The van der Waals surface area contributed by atoms with E-state index >= 15 is 0 Å². The van der Waals surface area contributed by atoms with Crippen molar-refractivity contribution in [2.75, 3.05) is 13.6 Å². The molecule has 0 aromatic carbocycles. The van der Waals surface area contributed by atoms with Crippen LogP contribution in [0, 0.1) is 5.92 Å². The van der Waals surface area contributed by atoms with Gasteiger partial charge in [-0.05, 0) is 31.6 Å². The predicted molar refractivity (Wildman–Crippen MR) is 90.3 cm³/mol. The van der Waals surface area contributed by atoms with Crippen LogP contribution < -0.4 is 5.32 Å². The van der Waals surface area contributed by atoms with Gasteiger partial charge in [0.2, 0.25) is 5.91 Å². The Hall–Kier alpha value is -1.59. The zero-order valence-corrected chi connectivity index (χ0v) is 14.8. The van der Waals surface area contributed by atoms with Gasteiger partial charge in [0.05, 0.1) is 0 Å². The number of carbonyl (C=O) groups is 3. The number of urea groups is 1. The summed E-state index contributed by atoms with van der Waals surface area (Å²) in [5, 5.41) is 3.02. The van der Waals surface area contributed by atoms with Gasteiger partial charge in [-0.25, -0.2) is 4.79 Å². The fourth-order valence-corrected chi connectivity index (χ4v) is 4.65. The molecule has 2 saturated carbocycles. The first-order valence-corrected chi connectivity index (χ1v) is 9.33. The van der Waals surface area contributed by atoms with E-state index in [1.54, 1.807) is 11.9 Å². The molecule has 134 valence electrons. The van der Waals surface area contributed by atoms with Crippen molar-refractivity contribution in [3.63, 3.8) is 0 Å². The number of nitrogens with zero attached hydrogens (tertiary/aromatic N) is 2. The molecule has 3 fully saturated rings. The van der Waals surface area contributed by atoms with Gasteiger partial charge in [0.1, 0.15) is 12.1 Å². The van der Waals surface area contributed by atoms with Gasteiger partial charge < -0.3 is 10.2 Å². The highest BCUT2D eigenvalue weighted by atomic mass is 16.2. The molecule has 6 nitrogen and oxygen atoms in total. The van der Waals surface area contributed by atoms with E-state index < -0.39 is 5.54 Å². The number of imide groups is 1. The van der Waals surface area contributed by atoms with E-state index in [0.29, 0.717) is 18.8 Å². The molecule has 24 heavy (non-hydrogen) atoms. The maximum atomic E-state index is 12.9. The Balaban J connectivity index is 1.63. The van der Waals surface area contributed by atoms with E-state index in [-0.39, 0.29) is 30.4 Å². The van der Waals surface area contributed by atoms with Gasteiger partial charge in [-0.15, -0.1) is 0 Å². The van der Waals surface area contributed by atoms with Crippen molar-refractivity contribution >= 4 is 17.8 Å². The van der Waals surface area contributed by atoms with Crippen LogP contribution in [0.2, 0.25) is 0 Å². The van der Waals surface area contributed by atoms with E-state index in [4.69, 9.17) is 0 Å². The number of carbonyl (C=O) groups excluding carboxylic acids is 3. The molecule has 2 unspecified atom stereocenters. The summed E-state index contributed by atoms with van der Waals surface area (Å²) < 4.78 is 0. The van der Waals surface area contributed by atoms with E-state index in [2.05, 4.69) is 12.2 Å². The van der Waals surface area contributed by atoms with E-state index in [1.807, 2.05) is 0 Å². The number of likely N-dealkylation sites (N-methyl/N-ethyl adjacent to an activating group) is 1. The van der Waals surface area contributed by atoms with Crippen molar-refractivity contribution in [3.05, 3.63) is 0 Å². The van der Waals surface area contributed by atoms with Crippen LogP contribution in [0.4, 0.5) is 4.79 Å². The van der Waals surface area contributed by atoms with Gasteiger partial charge in [-0.3, -0.25) is 14.5 Å². The number of amides is 4. The van der Waals surface area contributed by atoms with Crippen LogP contribution in [0.5, 0.6) is 0 Å². The van der Waals surface area contributed by atoms with Gasteiger partial charge in [-0.1, -0.05) is 39.0 Å². The second-order valence-electron chi connectivity index (χ2n) is 7.86. The SMILES string of the molecule is CC1CCCC(NC(=O)CN2C(=O)N(C)C3(CCCCC3)C2=O)C1. The average molecular weight is 335 g/mol. The Morgan fingerprint density at radius 2 is 1.88 bits per heavy atom. The van der Waals surface area contributed by atoms with Crippen LogP contribution in [0.25, 0.3) is 0 Å². The Morgan fingerprint density at radius 1 is 1.17 bits per heavy atom. The molecule has 3 aliphatic rings. The summed E-state index contributed by atoms with van der Waals surface area (Å²) in [6.45, 7) is 2.06. The topological polar surface area (TPSA) is 69.7 Å². The molecule has 2 atom stereocenters. The molecule has 2 aliphatic carbocycles. The Bertz CT molecular complexity index is 528. The van der Waals surface area contributed by atoms with Crippen molar-refractivity contribution in [1.29, 1.82) is 0 Å². The van der Waals surface area contributed by atoms with Gasteiger partial charge in [0, 0.05) is 13.1 Å². The molecule has 0 aromatic rings. The van der Waals surface area contributed by atoms with Crippen LogP contribution in [-0.4, -0.2) is 52.8 Å². The minimum atomic E-state index is -0.699. The third-order valence-corrected chi connectivity index (χ3v) is 6.09. The van der Waals surface area contributed by atoms with E-state index in [1.165, 1.54) is 6.42 Å². The minimum absolute atomic E-state index is 0.144. The fraction of sp³-hybridized carbons (Fsp3) is 0.833. The van der Waals surface area contributed by atoms with Crippen molar-refractivity contribution in [2.24, 2.45) is 5.92 Å². The standard InChI is InChI=1S/C18H29N3O3/c1-13-7-6-8-14(11-13)19-15(22)12-21-16(23)18(20(2)17(21)24)9-4-3-5-10-18/h13-14H,3-12H2,1-2H3,(H,19,22). The normalized spacial score (nSPS) is 30.1. The molecule has 6 heteroatoms. The third kappa shape index (κ3) is 3.03. The Labute approximate surface area is 143 Å². The van der Waals surface area contributed by atoms with Crippen molar-refractivity contribution in [3.8, 4) is 0 Å². The van der Waals surface area contributed by atoms with E-state index in [9.17, 15) is 14.4 Å². The van der Waals surface area contributed by atoms with Crippen molar-refractivity contribution in [1.82, 2.24) is 15.1 Å². The minimum Gasteiger partial charge on any atom is -0.352 e. The second-order valence-corrected chi connectivity index (χ2v) is 7.86. The zero-order valence-electron chi connectivity index (χ0n) is 14.8. The van der Waals surface area contributed by atoms with Crippen LogP contribution in [-0.2, 0) is 9.59 Å². The summed E-state index contributed by atoms with van der Waals surface area (Å²) >= 11 is 0. The summed E-state index contributed by atoms with van der Waals surface area (Å²) in [4.78, 5) is 40.5. The lowest BCUT2D eigenvalue weighted by Crippen LogP contribution is -2.50. The highest BCUT2D eigenvalue weighted by molar-refractivity contribution is 6.08. The highest BCUT2D eigenvalue weighted by Crippen LogP contribution is 2.39. The molecule has 4 amide bonds. The molecular weight excluding hydrogens is 306 g/mol. The maximum Gasteiger partial charge on any atom is 0.327 e. The monoisotopic (exact) mass is 335 g/mol. The number of nitrogens with one attached hydrogen (secondary N) is 1. The summed E-state index contributed by atoms with van der Waals surface area (Å²) in [6, 6.07) is -0.149. The molecule has 1 N–H and O–H groups in total. The van der Waals surface area contributed by atoms with Gasteiger partial charge in [0.15, 0.2) is 0 Å². The van der Waals surface area contributed by atoms with Gasteiger partial charge >= 0.3 is 6.03 Å². The number of hydrogen-bond donors (Lipinski definition) is 1. The first kappa shape index (κ1) is 17.2. The lowest BCUT2D eigenvalue weighted by Gasteiger charge is -2.35. The third-order valence-electron chi connectivity index (χ3n) is 6.09. The quantitative estimate of drug-likeness (QED) is 0.805. The molecule has 1 saturated heterocycles. The summed E-state index contributed by atoms with van der Waals surface area (Å²) in [5.41, 5.74) is -0.699. The molecule has 0 aromatic heterocycles. The highest BCUT2D eigenvalue weighted by Gasteiger charge is 2.55. The number of rotatable bonds is 3. The summed E-state index contributed by atoms with van der Waals surface area (Å²) in [5.74, 6) is 0.231. The summed E-state index contributed by atoms with van der Waals surface area (Å²) in [7, 11) is 1.70. The lowest BCUT2D eigenvalue weighted by atomic mass is 9.81. The number of hydrogen-bond acceptors (Lipinski definition) is 3. The largest absolute Gasteiger partial charge is 0.352 e. The van der Waals surface area contributed by atoms with Crippen molar-refractivity contribution < 1.29 is 14.4 Å². The van der Waals surface area contributed by atoms with Crippen LogP contribution in [0.15, 0.2) is 0 Å². The molecule has 3 rings (SSSR count). The lowest BCUT2D eigenvalue weighted by molar-refractivity contribution is -0.137. The van der Waals surface area contributed by atoms with Crippen molar-refractivity contribution in [2.45, 2.75) is 76.3 Å². The maximum absolute atomic E-state index is 12.9. The van der Waals surface area contributed by atoms with Gasteiger partial charge in [-0.2, -0.15) is 0 Å².